The first kappa shape index (κ1) is 18.6. The van der Waals surface area contributed by atoms with Crippen LogP contribution in [0.2, 0.25) is 0 Å². The van der Waals surface area contributed by atoms with Crippen LogP contribution < -0.4 is 4.72 Å². The lowest BCUT2D eigenvalue weighted by molar-refractivity contribution is 0.595. The van der Waals surface area contributed by atoms with Crippen molar-refractivity contribution < 1.29 is 16.8 Å². The SMILES string of the molecule is O=S(=O)(Nc1cccc(Br)c1)c1cccc(S(=O)(=O)c2ccccc2)c1. The molecule has 0 unspecified atom stereocenters. The Morgan fingerprint density at radius 2 is 1.27 bits per heavy atom. The van der Waals surface area contributed by atoms with Crippen LogP contribution >= 0.6 is 15.9 Å². The Morgan fingerprint density at radius 3 is 1.96 bits per heavy atom. The van der Waals surface area contributed by atoms with Crippen molar-refractivity contribution in [2.24, 2.45) is 0 Å². The Kier molecular flexibility index (Phi) is 5.17. The van der Waals surface area contributed by atoms with E-state index in [4.69, 9.17) is 0 Å². The highest BCUT2D eigenvalue weighted by Gasteiger charge is 2.21. The van der Waals surface area contributed by atoms with Crippen molar-refractivity contribution in [3.8, 4) is 0 Å². The molecule has 3 aromatic carbocycles. The van der Waals surface area contributed by atoms with E-state index in [9.17, 15) is 16.8 Å². The third-order valence-corrected chi connectivity index (χ3v) is 7.20. The summed E-state index contributed by atoms with van der Waals surface area (Å²) in [6.07, 6.45) is 0. The fourth-order valence-electron chi connectivity index (χ4n) is 2.31. The molecule has 0 radical (unpaired) electrons. The normalized spacial score (nSPS) is 11.9. The molecule has 1 N–H and O–H groups in total. The highest BCUT2D eigenvalue weighted by Crippen LogP contribution is 2.25. The summed E-state index contributed by atoms with van der Waals surface area (Å²) < 4.78 is 53.8. The van der Waals surface area contributed by atoms with E-state index >= 15 is 0 Å². The van der Waals surface area contributed by atoms with Crippen LogP contribution in [0.3, 0.4) is 0 Å². The zero-order valence-corrected chi connectivity index (χ0v) is 16.6. The van der Waals surface area contributed by atoms with Gasteiger partial charge in [-0.25, -0.2) is 16.8 Å². The minimum Gasteiger partial charge on any atom is -0.280 e. The number of anilines is 1. The second-order valence-electron chi connectivity index (χ2n) is 5.41. The van der Waals surface area contributed by atoms with E-state index in [2.05, 4.69) is 20.7 Å². The molecule has 0 heterocycles. The zero-order valence-electron chi connectivity index (χ0n) is 13.3. The first-order valence-electron chi connectivity index (χ1n) is 7.48. The van der Waals surface area contributed by atoms with Gasteiger partial charge < -0.3 is 0 Å². The lowest BCUT2D eigenvalue weighted by Gasteiger charge is -2.10. The molecule has 0 saturated heterocycles. The van der Waals surface area contributed by atoms with Crippen LogP contribution in [0.1, 0.15) is 0 Å². The predicted molar refractivity (Wildman–Crippen MR) is 103 cm³/mol. The lowest BCUT2D eigenvalue weighted by atomic mass is 10.3. The van der Waals surface area contributed by atoms with Crippen LogP contribution in [0.5, 0.6) is 0 Å². The molecule has 0 aliphatic rings. The van der Waals surface area contributed by atoms with E-state index in [1.54, 1.807) is 42.5 Å². The van der Waals surface area contributed by atoms with E-state index in [-0.39, 0.29) is 14.7 Å². The first-order valence-corrected chi connectivity index (χ1v) is 11.2. The van der Waals surface area contributed by atoms with Crippen molar-refractivity contribution in [2.45, 2.75) is 14.7 Å². The quantitative estimate of drug-likeness (QED) is 0.633. The predicted octanol–water partition coefficient (Wildman–Crippen LogP) is 4.08. The van der Waals surface area contributed by atoms with Gasteiger partial charge in [0.2, 0.25) is 9.84 Å². The average Bonchev–Trinajstić information content (AvgIpc) is 2.62. The van der Waals surface area contributed by atoms with Crippen molar-refractivity contribution >= 4 is 41.5 Å². The smallest absolute Gasteiger partial charge is 0.261 e. The molecular formula is C18H14BrNO4S2. The number of halogens is 1. The summed E-state index contributed by atoms with van der Waals surface area (Å²) in [5.74, 6) is 0. The maximum absolute atomic E-state index is 12.7. The molecule has 0 aromatic heterocycles. The van der Waals surface area contributed by atoms with Gasteiger partial charge in [-0.15, -0.1) is 0 Å². The number of benzene rings is 3. The van der Waals surface area contributed by atoms with Crippen molar-refractivity contribution in [1.82, 2.24) is 0 Å². The average molecular weight is 452 g/mol. The minimum absolute atomic E-state index is 0.0826. The molecule has 0 fully saturated rings. The largest absolute Gasteiger partial charge is 0.280 e. The zero-order chi connectivity index (χ0) is 18.8. The molecule has 134 valence electrons. The van der Waals surface area contributed by atoms with Gasteiger partial charge in [0.25, 0.3) is 10.0 Å². The second-order valence-corrected chi connectivity index (χ2v) is 9.95. The van der Waals surface area contributed by atoms with Crippen molar-refractivity contribution in [3.05, 3.63) is 83.3 Å². The molecular weight excluding hydrogens is 438 g/mol. The van der Waals surface area contributed by atoms with E-state index in [0.29, 0.717) is 5.69 Å². The molecule has 0 bridgehead atoms. The van der Waals surface area contributed by atoms with Gasteiger partial charge in [0.1, 0.15) is 0 Å². The van der Waals surface area contributed by atoms with E-state index in [1.165, 1.54) is 30.3 Å². The summed E-state index contributed by atoms with van der Waals surface area (Å²) in [6, 6.07) is 19.8. The van der Waals surface area contributed by atoms with E-state index in [0.717, 1.165) is 10.5 Å². The molecule has 5 nitrogen and oxygen atoms in total. The highest BCUT2D eigenvalue weighted by atomic mass is 79.9. The summed E-state index contributed by atoms with van der Waals surface area (Å²) >= 11 is 3.28. The number of hydrogen-bond acceptors (Lipinski definition) is 4. The Balaban J connectivity index is 1.99. The number of sulfonamides is 1. The lowest BCUT2D eigenvalue weighted by Crippen LogP contribution is -2.13. The van der Waals surface area contributed by atoms with Crippen LogP contribution in [0.25, 0.3) is 0 Å². The Morgan fingerprint density at radius 1 is 0.654 bits per heavy atom. The number of hydrogen-bond donors (Lipinski definition) is 1. The molecule has 0 atom stereocenters. The van der Waals surface area contributed by atoms with Gasteiger partial charge in [-0.05, 0) is 48.5 Å². The molecule has 3 rings (SSSR count). The standard InChI is InChI=1S/C18H14BrNO4S2/c19-14-6-4-7-15(12-14)20-26(23,24)18-11-5-10-17(13-18)25(21,22)16-8-2-1-3-9-16/h1-13,20H. The van der Waals surface area contributed by atoms with Gasteiger partial charge in [0.05, 0.1) is 14.7 Å². The first-order chi connectivity index (χ1) is 12.3. The maximum atomic E-state index is 12.7. The van der Waals surface area contributed by atoms with Crippen molar-refractivity contribution in [2.75, 3.05) is 4.72 Å². The van der Waals surface area contributed by atoms with E-state index in [1.807, 2.05) is 0 Å². The summed E-state index contributed by atoms with van der Waals surface area (Å²) in [7, 11) is -7.73. The van der Waals surface area contributed by atoms with Gasteiger partial charge in [-0.3, -0.25) is 4.72 Å². The molecule has 0 aliphatic heterocycles. The molecule has 8 heteroatoms. The van der Waals surface area contributed by atoms with Gasteiger partial charge in [-0.1, -0.05) is 46.3 Å². The number of sulfone groups is 1. The maximum Gasteiger partial charge on any atom is 0.261 e. The van der Waals surface area contributed by atoms with Crippen LogP contribution in [-0.2, 0) is 19.9 Å². The second kappa shape index (κ2) is 7.22. The Labute approximate surface area is 160 Å². The highest BCUT2D eigenvalue weighted by molar-refractivity contribution is 9.10. The van der Waals surface area contributed by atoms with Gasteiger partial charge in [0, 0.05) is 10.2 Å². The van der Waals surface area contributed by atoms with Gasteiger partial charge in [-0.2, -0.15) is 0 Å². The Hall–Kier alpha value is -2.16. The van der Waals surface area contributed by atoms with Crippen LogP contribution in [0.15, 0.2) is 98.0 Å². The Bertz CT molecular complexity index is 1140. The fraction of sp³-hybridized carbons (Fsp3) is 0. The molecule has 0 spiro atoms. The number of rotatable bonds is 5. The fourth-order valence-corrected chi connectivity index (χ4v) is 5.21. The van der Waals surface area contributed by atoms with Crippen LogP contribution in [0.4, 0.5) is 5.69 Å². The molecule has 0 saturated carbocycles. The third-order valence-electron chi connectivity index (χ3n) is 3.56. The van der Waals surface area contributed by atoms with Gasteiger partial charge >= 0.3 is 0 Å². The van der Waals surface area contributed by atoms with Crippen molar-refractivity contribution in [3.63, 3.8) is 0 Å². The summed E-state index contributed by atoms with van der Waals surface area (Å²) in [5.41, 5.74) is 0.371. The number of nitrogens with one attached hydrogen (secondary N) is 1. The summed E-state index contributed by atoms with van der Waals surface area (Å²) in [4.78, 5) is -0.107. The third kappa shape index (κ3) is 3.98. The molecule has 26 heavy (non-hydrogen) atoms. The minimum atomic E-state index is -3.93. The molecule has 0 aliphatic carbocycles. The molecule has 0 amide bonds. The topological polar surface area (TPSA) is 80.3 Å². The van der Waals surface area contributed by atoms with Crippen LogP contribution in [0, 0.1) is 0 Å². The summed E-state index contributed by atoms with van der Waals surface area (Å²) in [6.45, 7) is 0. The van der Waals surface area contributed by atoms with Gasteiger partial charge in [0.15, 0.2) is 0 Å². The monoisotopic (exact) mass is 451 g/mol. The van der Waals surface area contributed by atoms with Crippen LogP contribution in [-0.4, -0.2) is 16.8 Å². The molecule has 3 aromatic rings. The summed E-state index contributed by atoms with van der Waals surface area (Å²) in [5, 5.41) is 0. The van der Waals surface area contributed by atoms with E-state index < -0.39 is 19.9 Å². The van der Waals surface area contributed by atoms with Crippen molar-refractivity contribution in [1.29, 1.82) is 0 Å².